The third kappa shape index (κ3) is 3.35. The van der Waals surface area contributed by atoms with Crippen LogP contribution < -0.4 is 11.1 Å². The molecule has 0 aliphatic heterocycles. The Balaban J connectivity index is 1.84. The van der Waals surface area contributed by atoms with Gasteiger partial charge in [-0.1, -0.05) is 44.2 Å². The van der Waals surface area contributed by atoms with Crippen LogP contribution in [-0.4, -0.2) is 18.0 Å². The van der Waals surface area contributed by atoms with E-state index in [0.717, 1.165) is 19.3 Å². The lowest BCUT2D eigenvalue weighted by Crippen LogP contribution is -2.49. The van der Waals surface area contributed by atoms with Crippen molar-refractivity contribution in [3.8, 4) is 0 Å². The summed E-state index contributed by atoms with van der Waals surface area (Å²) in [4.78, 5) is 12.1. The van der Waals surface area contributed by atoms with E-state index in [1.54, 1.807) is 0 Å². The van der Waals surface area contributed by atoms with E-state index >= 15 is 0 Å². The zero-order valence-electron chi connectivity index (χ0n) is 11.9. The maximum Gasteiger partial charge on any atom is 0.223 e. The predicted molar refractivity (Wildman–Crippen MR) is 77.8 cm³/mol. The summed E-state index contributed by atoms with van der Waals surface area (Å²) in [6.07, 6.45) is 2.73. The van der Waals surface area contributed by atoms with Gasteiger partial charge in [0.25, 0.3) is 0 Å². The summed E-state index contributed by atoms with van der Waals surface area (Å²) in [6.45, 7) is 4.72. The molecule has 0 heterocycles. The molecule has 1 saturated carbocycles. The van der Waals surface area contributed by atoms with Crippen LogP contribution in [0.5, 0.6) is 0 Å². The quantitative estimate of drug-likeness (QED) is 0.825. The molecular formula is C16H24N2O. The Hall–Kier alpha value is -1.35. The summed E-state index contributed by atoms with van der Waals surface area (Å²) < 4.78 is 0. The van der Waals surface area contributed by atoms with Crippen LogP contribution in [0.1, 0.15) is 44.6 Å². The number of amides is 1. The Morgan fingerprint density at radius 3 is 2.53 bits per heavy atom. The van der Waals surface area contributed by atoms with Crippen LogP contribution >= 0.6 is 0 Å². The predicted octanol–water partition coefficient (Wildman–Crippen LogP) is 2.42. The first-order chi connectivity index (χ1) is 9.09. The molecule has 0 saturated heterocycles. The van der Waals surface area contributed by atoms with Gasteiger partial charge in [0.05, 0.1) is 0 Å². The molecule has 0 radical (unpaired) electrons. The highest BCUT2D eigenvalue weighted by atomic mass is 16.2. The Labute approximate surface area is 115 Å². The molecule has 1 aromatic carbocycles. The molecule has 1 fully saturated rings. The fourth-order valence-electron chi connectivity index (χ4n) is 2.45. The minimum absolute atomic E-state index is 0.139. The zero-order valence-corrected chi connectivity index (χ0v) is 11.9. The van der Waals surface area contributed by atoms with Crippen LogP contribution in [0.3, 0.4) is 0 Å². The van der Waals surface area contributed by atoms with Gasteiger partial charge >= 0.3 is 0 Å². The van der Waals surface area contributed by atoms with Gasteiger partial charge in [-0.15, -0.1) is 0 Å². The van der Waals surface area contributed by atoms with Crippen molar-refractivity contribution in [3.63, 3.8) is 0 Å². The Bertz CT molecular complexity index is 426. The third-order valence-corrected chi connectivity index (χ3v) is 4.38. The maximum absolute atomic E-state index is 12.1. The Morgan fingerprint density at radius 2 is 1.95 bits per heavy atom. The van der Waals surface area contributed by atoms with E-state index in [1.807, 2.05) is 18.2 Å². The van der Waals surface area contributed by atoms with Crippen molar-refractivity contribution in [2.75, 3.05) is 6.54 Å². The molecule has 3 nitrogen and oxygen atoms in total. The van der Waals surface area contributed by atoms with Crippen LogP contribution in [0, 0.1) is 5.92 Å². The molecule has 104 valence electrons. The fourth-order valence-corrected chi connectivity index (χ4v) is 2.45. The summed E-state index contributed by atoms with van der Waals surface area (Å²) in [5.74, 6) is 0.697. The van der Waals surface area contributed by atoms with Crippen molar-refractivity contribution in [2.24, 2.45) is 11.7 Å². The maximum atomic E-state index is 12.1. The SMILES string of the molecule is CCC(N)(CC)CNC(=O)C1CC1c1ccccc1. The van der Waals surface area contributed by atoms with Crippen molar-refractivity contribution in [3.05, 3.63) is 35.9 Å². The van der Waals surface area contributed by atoms with Gasteiger partial charge in [0.1, 0.15) is 0 Å². The number of carbonyl (C=O) groups is 1. The van der Waals surface area contributed by atoms with Crippen molar-refractivity contribution in [1.82, 2.24) is 5.32 Å². The molecule has 2 unspecified atom stereocenters. The summed E-state index contributed by atoms with van der Waals surface area (Å²) in [7, 11) is 0. The standard InChI is InChI=1S/C16H24N2O/c1-3-16(17,4-2)11-18-15(19)14-10-13(14)12-8-6-5-7-9-12/h5-9,13-14H,3-4,10-11,17H2,1-2H3,(H,18,19). The normalized spacial score (nSPS) is 22.1. The van der Waals surface area contributed by atoms with E-state index < -0.39 is 0 Å². The number of rotatable bonds is 6. The van der Waals surface area contributed by atoms with E-state index in [9.17, 15) is 4.79 Å². The highest BCUT2D eigenvalue weighted by molar-refractivity contribution is 5.82. The number of carbonyl (C=O) groups excluding carboxylic acids is 1. The Morgan fingerprint density at radius 1 is 1.32 bits per heavy atom. The van der Waals surface area contributed by atoms with Crippen LogP contribution in [0.4, 0.5) is 0 Å². The molecule has 0 spiro atoms. The molecule has 2 atom stereocenters. The van der Waals surface area contributed by atoms with Crippen molar-refractivity contribution >= 4 is 5.91 Å². The lowest BCUT2D eigenvalue weighted by Gasteiger charge is -2.26. The average molecular weight is 260 g/mol. The highest BCUT2D eigenvalue weighted by Gasteiger charge is 2.44. The average Bonchev–Trinajstić information content (AvgIpc) is 3.26. The largest absolute Gasteiger partial charge is 0.354 e. The first-order valence-electron chi connectivity index (χ1n) is 7.21. The molecule has 1 aromatic rings. The highest BCUT2D eigenvalue weighted by Crippen LogP contribution is 2.47. The molecule has 1 amide bonds. The van der Waals surface area contributed by atoms with Gasteiger partial charge in [-0.3, -0.25) is 4.79 Å². The molecule has 2 rings (SSSR count). The molecule has 0 bridgehead atoms. The minimum atomic E-state index is -0.257. The van der Waals surface area contributed by atoms with E-state index in [2.05, 4.69) is 31.3 Å². The van der Waals surface area contributed by atoms with E-state index in [0.29, 0.717) is 12.5 Å². The van der Waals surface area contributed by atoms with E-state index in [4.69, 9.17) is 5.73 Å². The lowest BCUT2D eigenvalue weighted by atomic mass is 9.94. The molecule has 1 aliphatic carbocycles. The van der Waals surface area contributed by atoms with Crippen LogP contribution in [0.15, 0.2) is 30.3 Å². The smallest absolute Gasteiger partial charge is 0.223 e. The first kappa shape index (κ1) is 14.1. The van der Waals surface area contributed by atoms with E-state index in [1.165, 1.54) is 5.56 Å². The molecule has 19 heavy (non-hydrogen) atoms. The summed E-state index contributed by atoms with van der Waals surface area (Å²) in [6, 6.07) is 10.3. The van der Waals surface area contributed by atoms with Crippen molar-refractivity contribution < 1.29 is 4.79 Å². The second kappa shape index (κ2) is 5.74. The molecule has 3 heteroatoms. The minimum Gasteiger partial charge on any atom is -0.354 e. The zero-order chi connectivity index (χ0) is 13.9. The van der Waals surface area contributed by atoms with Crippen LogP contribution in [0.25, 0.3) is 0 Å². The second-order valence-corrected chi connectivity index (χ2v) is 5.65. The number of nitrogens with one attached hydrogen (secondary N) is 1. The van der Waals surface area contributed by atoms with Gasteiger partial charge < -0.3 is 11.1 Å². The number of benzene rings is 1. The monoisotopic (exact) mass is 260 g/mol. The van der Waals surface area contributed by atoms with Gasteiger partial charge in [0.15, 0.2) is 0 Å². The van der Waals surface area contributed by atoms with Crippen molar-refractivity contribution in [1.29, 1.82) is 0 Å². The lowest BCUT2D eigenvalue weighted by molar-refractivity contribution is -0.122. The molecule has 0 aromatic heterocycles. The van der Waals surface area contributed by atoms with Crippen LogP contribution in [-0.2, 0) is 4.79 Å². The molecular weight excluding hydrogens is 236 g/mol. The Kier molecular flexibility index (Phi) is 4.25. The number of nitrogens with two attached hydrogens (primary N) is 1. The molecule has 3 N–H and O–H groups in total. The van der Waals surface area contributed by atoms with Gasteiger partial charge in [-0.25, -0.2) is 0 Å². The summed E-state index contributed by atoms with van der Waals surface area (Å²) >= 11 is 0. The third-order valence-electron chi connectivity index (χ3n) is 4.38. The second-order valence-electron chi connectivity index (χ2n) is 5.65. The fraction of sp³-hybridized carbons (Fsp3) is 0.562. The van der Waals surface area contributed by atoms with E-state index in [-0.39, 0.29) is 17.4 Å². The van der Waals surface area contributed by atoms with Gasteiger partial charge in [-0.2, -0.15) is 0 Å². The topological polar surface area (TPSA) is 55.1 Å². The first-order valence-corrected chi connectivity index (χ1v) is 7.21. The molecule has 1 aliphatic rings. The summed E-state index contributed by atoms with van der Waals surface area (Å²) in [5.41, 5.74) is 7.21. The van der Waals surface area contributed by atoms with Gasteiger partial charge in [0.2, 0.25) is 5.91 Å². The number of hydrogen-bond acceptors (Lipinski definition) is 2. The number of hydrogen-bond donors (Lipinski definition) is 2. The van der Waals surface area contributed by atoms with Crippen molar-refractivity contribution in [2.45, 2.75) is 44.6 Å². The summed E-state index contributed by atoms with van der Waals surface area (Å²) in [5, 5.41) is 3.02. The van der Waals surface area contributed by atoms with Gasteiger partial charge in [-0.05, 0) is 30.7 Å². The van der Waals surface area contributed by atoms with Gasteiger partial charge in [0, 0.05) is 18.0 Å². The van der Waals surface area contributed by atoms with Crippen LogP contribution in [0.2, 0.25) is 0 Å².